The quantitative estimate of drug-likeness (QED) is 0.747. The van der Waals surface area contributed by atoms with E-state index in [9.17, 15) is 15.0 Å². The Morgan fingerprint density at radius 3 is 2.60 bits per heavy atom. The predicted octanol–water partition coefficient (Wildman–Crippen LogP) is 2.20. The van der Waals surface area contributed by atoms with Gasteiger partial charge in [0.05, 0.1) is 30.0 Å². The summed E-state index contributed by atoms with van der Waals surface area (Å²) in [7, 11) is 0. The molecule has 140 valence electrons. The highest BCUT2D eigenvalue weighted by atomic mass is 16.5. The molecular weight excluding hydrogens is 320 g/mol. The highest BCUT2D eigenvalue weighted by molar-refractivity contribution is 5.91. The Bertz CT molecular complexity index is 615. The monoisotopic (exact) mass is 350 g/mol. The van der Waals surface area contributed by atoms with Gasteiger partial charge in [-0.15, -0.1) is 0 Å². The Hall–Kier alpha value is -0.910. The molecule has 2 aliphatic heterocycles. The molecular formula is C20H30O5. The number of carbonyl (C=O) groups is 1. The fourth-order valence-corrected chi connectivity index (χ4v) is 6.61. The zero-order valence-corrected chi connectivity index (χ0v) is 15.5. The Kier molecular flexibility index (Phi) is 3.88. The van der Waals surface area contributed by atoms with Crippen molar-refractivity contribution in [3.8, 4) is 0 Å². The van der Waals surface area contributed by atoms with E-state index in [4.69, 9.17) is 9.47 Å². The second-order valence-electron chi connectivity index (χ2n) is 9.28. The lowest BCUT2D eigenvalue weighted by molar-refractivity contribution is -0.197. The summed E-state index contributed by atoms with van der Waals surface area (Å²) in [6.45, 7) is 6.89. The third-order valence-electron chi connectivity index (χ3n) is 8.07. The van der Waals surface area contributed by atoms with Gasteiger partial charge >= 0.3 is 5.97 Å². The van der Waals surface area contributed by atoms with Gasteiger partial charge in [0, 0.05) is 5.41 Å². The van der Waals surface area contributed by atoms with E-state index in [0.29, 0.717) is 24.5 Å². The van der Waals surface area contributed by atoms with Crippen molar-refractivity contribution < 1.29 is 24.5 Å². The highest BCUT2D eigenvalue weighted by Crippen LogP contribution is 2.66. The maximum Gasteiger partial charge on any atom is 0.336 e. The van der Waals surface area contributed by atoms with Crippen molar-refractivity contribution in [2.75, 3.05) is 13.2 Å². The zero-order valence-electron chi connectivity index (χ0n) is 15.5. The van der Waals surface area contributed by atoms with Gasteiger partial charge in [-0.2, -0.15) is 0 Å². The van der Waals surface area contributed by atoms with Crippen molar-refractivity contribution >= 4 is 5.97 Å². The number of esters is 1. The molecule has 0 aromatic rings. The van der Waals surface area contributed by atoms with Crippen molar-refractivity contribution in [2.45, 2.75) is 70.7 Å². The van der Waals surface area contributed by atoms with E-state index in [-0.39, 0.29) is 35.6 Å². The molecule has 2 heterocycles. The van der Waals surface area contributed by atoms with E-state index < -0.39 is 11.5 Å². The number of aliphatic hydroxyl groups is 2. The lowest BCUT2D eigenvalue weighted by Crippen LogP contribution is -2.61. The van der Waals surface area contributed by atoms with Crippen molar-refractivity contribution in [1.82, 2.24) is 0 Å². The summed E-state index contributed by atoms with van der Waals surface area (Å²) < 4.78 is 11.5. The zero-order chi connectivity index (χ0) is 18.0. The molecule has 2 unspecified atom stereocenters. The van der Waals surface area contributed by atoms with Gasteiger partial charge in [0.15, 0.2) is 0 Å². The maximum absolute atomic E-state index is 12.0. The molecule has 4 rings (SSSR count). The highest BCUT2D eigenvalue weighted by Gasteiger charge is 2.65. The minimum absolute atomic E-state index is 0.00152. The van der Waals surface area contributed by atoms with Crippen LogP contribution in [0, 0.1) is 22.7 Å². The van der Waals surface area contributed by atoms with Crippen LogP contribution in [0.5, 0.6) is 0 Å². The van der Waals surface area contributed by atoms with Crippen LogP contribution >= 0.6 is 0 Å². The third-order valence-corrected chi connectivity index (χ3v) is 8.07. The average Bonchev–Trinajstić information content (AvgIpc) is 3.15. The van der Waals surface area contributed by atoms with Crippen LogP contribution in [0.3, 0.4) is 0 Å². The van der Waals surface area contributed by atoms with Crippen LogP contribution in [0.4, 0.5) is 0 Å². The van der Waals surface area contributed by atoms with Crippen LogP contribution in [-0.4, -0.2) is 47.2 Å². The van der Waals surface area contributed by atoms with E-state index in [1.165, 1.54) is 0 Å². The molecule has 0 aromatic carbocycles. The summed E-state index contributed by atoms with van der Waals surface area (Å²) in [5, 5.41) is 20.7. The van der Waals surface area contributed by atoms with E-state index in [2.05, 4.69) is 13.8 Å². The molecule has 0 amide bonds. The second-order valence-corrected chi connectivity index (χ2v) is 9.28. The molecule has 0 spiro atoms. The van der Waals surface area contributed by atoms with Gasteiger partial charge in [-0.25, -0.2) is 4.79 Å². The van der Waals surface area contributed by atoms with Gasteiger partial charge in [-0.1, -0.05) is 13.8 Å². The Morgan fingerprint density at radius 2 is 1.96 bits per heavy atom. The first-order valence-electron chi connectivity index (χ1n) is 9.58. The molecule has 4 aliphatic rings. The topological polar surface area (TPSA) is 76.0 Å². The van der Waals surface area contributed by atoms with Crippen LogP contribution in [0.2, 0.25) is 0 Å². The number of hydrogen-bond acceptors (Lipinski definition) is 5. The molecule has 5 nitrogen and oxygen atoms in total. The Morgan fingerprint density at radius 1 is 1.20 bits per heavy atom. The first kappa shape index (κ1) is 17.5. The van der Waals surface area contributed by atoms with Crippen LogP contribution in [0.15, 0.2) is 11.6 Å². The predicted molar refractivity (Wildman–Crippen MR) is 91.7 cm³/mol. The number of fused-ring (bicyclic) bond motifs is 3. The van der Waals surface area contributed by atoms with Gasteiger partial charge in [-0.05, 0) is 62.4 Å². The Labute approximate surface area is 149 Å². The van der Waals surface area contributed by atoms with Gasteiger partial charge < -0.3 is 19.7 Å². The molecule has 1 saturated heterocycles. The average molecular weight is 350 g/mol. The molecule has 25 heavy (non-hydrogen) atoms. The number of carbonyl (C=O) groups excluding carboxylic acids is 1. The molecule has 7 atom stereocenters. The molecule has 2 aliphatic carbocycles. The molecule has 3 fully saturated rings. The largest absolute Gasteiger partial charge is 0.458 e. The van der Waals surface area contributed by atoms with E-state index in [1.54, 1.807) is 0 Å². The van der Waals surface area contributed by atoms with Gasteiger partial charge in [0.2, 0.25) is 0 Å². The number of ether oxygens (including phenoxy) is 2. The van der Waals surface area contributed by atoms with Crippen molar-refractivity contribution in [3.63, 3.8) is 0 Å². The normalized spacial score (nSPS) is 52.4. The molecule has 2 saturated carbocycles. The molecule has 5 heteroatoms. The fourth-order valence-electron chi connectivity index (χ4n) is 6.61. The summed E-state index contributed by atoms with van der Waals surface area (Å²) in [6, 6.07) is 0. The van der Waals surface area contributed by atoms with Crippen LogP contribution in [0.1, 0.15) is 52.9 Å². The molecule has 0 bridgehead atoms. The molecule has 2 N–H and O–H groups in total. The van der Waals surface area contributed by atoms with Crippen LogP contribution < -0.4 is 0 Å². The fraction of sp³-hybridized carbons (Fsp3) is 0.850. The number of rotatable bonds is 2. The van der Waals surface area contributed by atoms with Crippen molar-refractivity contribution in [3.05, 3.63) is 11.6 Å². The van der Waals surface area contributed by atoms with Crippen molar-refractivity contribution in [1.29, 1.82) is 0 Å². The van der Waals surface area contributed by atoms with Gasteiger partial charge in [0.1, 0.15) is 6.61 Å². The second kappa shape index (κ2) is 5.54. The smallest absolute Gasteiger partial charge is 0.336 e. The number of hydrogen-bond donors (Lipinski definition) is 2. The van der Waals surface area contributed by atoms with Gasteiger partial charge in [0.25, 0.3) is 0 Å². The summed E-state index contributed by atoms with van der Waals surface area (Å²) in [5.74, 6) is 0.336. The van der Waals surface area contributed by atoms with Gasteiger partial charge in [-0.3, -0.25) is 0 Å². The minimum atomic E-state index is -0.460. The lowest BCUT2D eigenvalue weighted by Gasteiger charge is -2.61. The van der Waals surface area contributed by atoms with E-state index in [1.807, 2.05) is 13.0 Å². The van der Waals surface area contributed by atoms with Crippen LogP contribution in [-0.2, 0) is 14.3 Å². The SMILES string of the molecule is C[C@@]1(CO)[C@H](O)CC[C@@]2(C)C3CC(C4=CCOC4=O)O[C@]3(C)CC[C@H]12. The minimum Gasteiger partial charge on any atom is -0.458 e. The molecule has 0 aromatic heterocycles. The lowest BCUT2D eigenvalue weighted by atomic mass is 9.44. The summed E-state index contributed by atoms with van der Waals surface area (Å²) in [4.78, 5) is 12.0. The third kappa shape index (κ3) is 2.28. The van der Waals surface area contributed by atoms with E-state index >= 15 is 0 Å². The number of cyclic esters (lactones) is 1. The first-order chi connectivity index (χ1) is 11.7. The van der Waals surface area contributed by atoms with Crippen molar-refractivity contribution in [2.24, 2.45) is 22.7 Å². The maximum atomic E-state index is 12.0. The van der Waals surface area contributed by atoms with E-state index in [0.717, 1.165) is 25.7 Å². The van der Waals surface area contributed by atoms with Crippen LogP contribution in [0.25, 0.3) is 0 Å². The summed E-state index contributed by atoms with van der Waals surface area (Å²) in [5.41, 5.74) is -0.0332. The molecule has 0 radical (unpaired) electrons. The Balaban J connectivity index is 1.67. The summed E-state index contributed by atoms with van der Waals surface area (Å²) in [6.07, 6.45) is 5.53. The number of aliphatic hydroxyl groups excluding tert-OH is 2. The summed E-state index contributed by atoms with van der Waals surface area (Å²) >= 11 is 0. The first-order valence-corrected chi connectivity index (χ1v) is 9.58. The standard InChI is InChI=1S/C20H30O5/c1-18-7-5-16(22)19(2,11-21)14(18)4-8-20(3)15(18)10-13(25-20)12-6-9-24-17(12)23/h6,13-16,21-22H,4-5,7-11H2,1-3H3/t13?,14-,15?,16+,18+,19-,20+/m0/s1.